The molecule has 0 aliphatic rings. The molecule has 1 amide bonds. The number of amides is 1. The van der Waals surface area contributed by atoms with Gasteiger partial charge in [-0.1, -0.05) is 17.8 Å². The van der Waals surface area contributed by atoms with Crippen molar-refractivity contribution in [3.63, 3.8) is 0 Å². The third-order valence-electron chi connectivity index (χ3n) is 4.05. The van der Waals surface area contributed by atoms with Gasteiger partial charge in [0.25, 0.3) is 5.56 Å². The van der Waals surface area contributed by atoms with Crippen molar-refractivity contribution in [2.45, 2.75) is 25.5 Å². The van der Waals surface area contributed by atoms with Gasteiger partial charge in [-0.15, -0.1) is 0 Å². The molecule has 0 radical (unpaired) electrons. The number of carbonyl (C=O) groups is 1. The Kier molecular flexibility index (Phi) is 5.66. The van der Waals surface area contributed by atoms with E-state index in [-0.39, 0.29) is 17.5 Å². The van der Waals surface area contributed by atoms with Gasteiger partial charge >= 0.3 is 0 Å². The third kappa shape index (κ3) is 4.59. The van der Waals surface area contributed by atoms with Crippen molar-refractivity contribution in [3.8, 4) is 5.69 Å². The van der Waals surface area contributed by atoms with Crippen LogP contribution in [0.1, 0.15) is 16.9 Å². The van der Waals surface area contributed by atoms with Crippen LogP contribution in [0.25, 0.3) is 5.69 Å². The predicted molar refractivity (Wildman–Crippen MR) is 105 cm³/mol. The second kappa shape index (κ2) is 8.13. The number of rotatable bonds is 6. The average molecular weight is 384 g/mol. The summed E-state index contributed by atoms with van der Waals surface area (Å²) in [5, 5.41) is 3.13. The lowest BCUT2D eigenvalue weighted by Gasteiger charge is -2.15. The van der Waals surface area contributed by atoms with E-state index in [1.165, 1.54) is 6.07 Å². The summed E-state index contributed by atoms with van der Waals surface area (Å²) in [5.74, 6) is 0.848. The number of nitrogens with zero attached hydrogens (tertiary/aromatic N) is 2. The van der Waals surface area contributed by atoms with E-state index in [2.05, 4.69) is 10.3 Å². The van der Waals surface area contributed by atoms with E-state index in [0.717, 1.165) is 28.6 Å². The topological polar surface area (TPSA) is 103 Å². The molecule has 3 N–H and O–H groups in total. The molecule has 3 rings (SSSR count). The standard InChI is InChI=1S/C19H20N4O3S/c1-12-5-6-14(8-13(12)2)23-16(20)9-17(24)22-19(23)27-11-18(25)21-10-15-4-3-7-26-15/h3-9H,10-11,20H2,1-2H3,(H,21,25). The Morgan fingerprint density at radius 2 is 2.07 bits per heavy atom. The Labute approximate surface area is 160 Å². The summed E-state index contributed by atoms with van der Waals surface area (Å²) < 4.78 is 6.86. The fourth-order valence-corrected chi connectivity index (χ4v) is 3.34. The first-order valence-electron chi connectivity index (χ1n) is 8.33. The molecule has 0 saturated carbocycles. The monoisotopic (exact) mass is 384 g/mol. The predicted octanol–water partition coefficient (Wildman–Crippen LogP) is 2.43. The van der Waals surface area contributed by atoms with Gasteiger partial charge < -0.3 is 15.5 Å². The molecule has 3 aromatic rings. The lowest BCUT2D eigenvalue weighted by atomic mass is 10.1. The van der Waals surface area contributed by atoms with E-state index < -0.39 is 5.56 Å². The molecule has 0 spiro atoms. The van der Waals surface area contributed by atoms with Crippen LogP contribution in [0.4, 0.5) is 5.82 Å². The number of hydrogen-bond acceptors (Lipinski definition) is 6. The molecule has 7 nitrogen and oxygen atoms in total. The third-order valence-corrected chi connectivity index (χ3v) is 4.99. The molecule has 2 aromatic heterocycles. The number of benzene rings is 1. The molecule has 0 saturated heterocycles. The maximum atomic E-state index is 12.1. The molecule has 27 heavy (non-hydrogen) atoms. The van der Waals surface area contributed by atoms with E-state index in [0.29, 0.717) is 17.5 Å². The van der Waals surface area contributed by atoms with E-state index in [9.17, 15) is 9.59 Å². The first kappa shape index (κ1) is 18.8. The van der Waals surface area contributed by atoms with Crippen LogP contribution in [-0.2, 0) is 11.3 Å². The van der Waals surface area contributed by atoms with Gasteiger partial charge in [-0.3, -0.25) is 14.2 Å². The summed E-state index contributed by atoms with van der Waals surface area (Å²) in [6.07, 6.45) is 1.55. The van der Waals surface area contributed by atoms with Crippen LogP contribution in [0.2, 0.25) is 0 Å². The number of carbonyl (C=O) groups excluding carboxylic acids is 1. The van der Waals surface area contributed by atoms with Crippen LogP contribution in [0, 0.1) is 13.8 Å². The molecule has 0 bridgehead atoms. The normalized spacial score (nSPS) is 10.7. The van der Waals surface area contributed by atoms with Gasteiger partial charge in [-0.05, 0) is 49.2 Å². The zero-order valence-electron chi connectivity index (χ0n) is 15.1. The summed E-state index contributed by atoms with van der Waals surface area (Å²) in [7, 11) is 0. The van der Waals surface area contributed by atoms with Crippen LogP contribution >= 0.6 is 11.8 Å². The zero-order valence-corrected chi connectivity index (χ0v) is 15.9. The van der Waals surface area contributed by atoms with Gasteiger partial charge in [0.2, 0.25) is 5.91 Å². The molecule has 8 heteroatoms. The Balaban J connectivity index is 1.79. The Bertz CT molecular complexity index is 1010. The summed E-state index contributed by atoms with van der Waals surface area (Å²) in [5.41, 5.74) is 8.67. The number of anilines is 1. The first-order valence-corrected chi connectivity index (χ1v) is 9.31. The van der Waals surface area contributed by atoms with Gasteiger partial charge in [0.15, 0.2) is 5.16 Å². The molecule has 140 valence electrons. The second-order valence-corrected chi connectivity index (χ2v) is 6.99. The molecule has 1 aromatic carbocycles. The van der Waals surface area contributed by atoms with Crippen LogP contribution in [0.5, 0.6) is 0 Å². The van der Waals surface area contributed by atoms with E-state index in [1.807, 2.05) is 32.0 Å². The highest BCUT2D eigenvalue weighted by Crippen LogP contribution is 2.23. The van der Waals surface area contributed by atoms with Crippen molar-refractivity contribution in [2.24, 2.45) is 0 Å². The fraction of sp³-hybridized carbons (Fsp3) is 0.211. The minimum atomic E-state index is -0.439. The molecule has 0 unspecified atom stereocenters. The second-order valence-electron chi connectivity index (χ2n) is 6.05. The molecule has 0 aliphatic carbocycles. The molecule has 0 aliphatic heterocycles. The largest absolute Gasteiger partial charge is 0.467 e. The van der Waals surface area contributed by atoms with Crippen molar-refractivity contribution >= 4 is 23.5 Å². The number of nitrogens with one attached hydrogen (secondary N) is 1. The average Bonchev–Trinajstić information content (AvgIpc) is 3.14. The number of nitrogens with two attached hydrogens (primary N) is 1. The van der Waals surface area contributed by atoms with Crippen LogP contribution in [-0.4, -0.2) is 21.2 Å². The van der Waals surface area contributed by atoms with Crippen molar-refractivity contribution in [1.29, 1.82) is 0 Å². The van der Waals surface area contributed by atoms with Gasteiger partial charge in [0.1, 0.15) is 11.6 Å². The van der Waals surface area contributed by atoms with Crippen molar-refractivity contribution in [3.05, 3.63) is 69.9 Å². The van der Waals surface area contributed by atoms with Crippen molar-refractivity contribution < 1.29 is 9.21 Å². The first-order chi connectivity index (χ1) is 12.9. The highest BCUT2D eigenvalue weighted by Gasteiger charge is 2.13. The number of nitrogen functional groups attached to an aromatic ring is 1. The quantitative estimate of drug-likeness (QED) is 0.500. The zero-order chi connectivity index (χ0) is 19.4. The van der Waals surface area contributed by atoms with Crippen LogP contribution in [0.15, 0.2) is 57.0 Å². The Morgan fingerprint density at radius 3 is 2.78 bits per heavy atom. The number of aromatic nitrogens is 2. The lowest BCUT2D eigenvalue weighted by Crippen LogP contribution is -2.25. The van der Waals surface area contributed by atoms with Gasteiger partial charge in [0.05, 0.1) is 18.6 Å². The Hall–Kier alpha value is -3.00. The van der Waals surface area contributed by atoms with Gasteiger partial charge in [-0.2, -0.15) is 4.98 Å². The number of furan rings is 1. The highest BCUT2D eigenvalue weighted by atomic mass is 32.2. The molecular weight excluding hydrogens is 364 g/mol. The van der Waals surface area contributed by atoms with E-state index in [1.54, 1.807) is 23.0 Å². The van der Waals surface area contributed by atoms with E-state index in [4.69, 9.17) is 10.2 Å². The Morgan fingerprint density at radius 1 is 1.26 bits per heavy atom. The highest BCUT2D eigenvalue weighted by molar-refractivity contribution is 7.99. The number of hydrogen-bond donors (Lipinski definition) is 2. The van der Waals surface area contributed by atoms with Gasteiger partial charge in [-0.25, -0.2) is 0 Å². The summed E-state index contributed by atoms with van der Waals surface area (Å²) in [4.78, 5) is 28.0. The smallest absolute Gasteiger partial charge is 0.275 e. The van der Waals surface area contributed by atoms with E-state index >= 15 is 0 Å². The molecular formula is C19H20N4O3S. The lowest BCUT2D eigenvalue weighted by molar-refractivity contribution is -0.118. The summed E-state index contributed by atoms with van der Waals surface area (Å²) >= 11 is 1.15. The number of aryl methyl sites for hydroxylation is 2. The van der Waals surface area contributed by atoms with Gasteiger partial charge in [0, 0.05) is 11.8 Å². The summed E-state index contributed by atoms with van der Waals surface area (Å²) in [6.45, 7) is 4.33. The van der Waals surface area contributed by atoms with Crippen molar-refractivity contribution in [1.82, 2.24) is 14.9 Å². The molecule has 0 atom stereocenters. The number of thioether (sulfide) groups is 1. The SMILES string of the molecule is Cc1ccc(-n2c(N)cc(=O)nc2SCC(=O)NCc2ccco2)cc1C. The minimum Gasteiger partial charge on any atom is -0.467 e. The van der Waals surface area contributed by atoms with Crippen LogP contribution < -0.4 is 16.6 Å². The van der Waals surface area contributed by atoms with Crippen LogP contribution in [0.3, 0.4) is 0 Å². The molecule has 0 fully saturated rings. The maximum Gasteiger partial charge on any atom is 0.275 e. The molecule has 2 heterocycles. The maximum absolute atomic E-state index is 12.1. The fourth-order valence-electron chi connectivity index (χ4n) is 2.48. The minimum absolute atomic E-state index is 0.0987. The van der Waals surface area contributed by atoms with Crippen molar-refractivity contribution in [2.75, 3.05) is 11.5 Å². The summed E-state index contributed by atoms with van der Waals surface area (Å²) in [6, 6.07) is 10.7.